The molecule has 1 N–H and O–H groups in total. The summed E-state index contributed by atoms with van der Waals surface area (Å²) < 4.78 is 7.93. The summed E-state index contributed by atoms with van der Waals surface area (Å²) >= 11 is 0. The average Bonchev–Trinajstić information content (AvgIpc) is 3.22. The standard InChI is InChI=1S/C19H27N5O/c1-14-17(13-23(2)22-14)19-18(7-12-25-19)21-15-5-10-24(11-6-15)16-3-8-20-9-4-16/h3-4,8-9,13,15,18-19,21H,5-7,10-12H2,1-2H3/t18-,19+/m0/s1. The van der Waals surface area contributed by atoms with Crippen molar-refractivity contribution in [3.8, 4) is 0 Å². The number of hydrogen-bond acceptors (Lipinski definition) is 5. The second-order valence-corrected chi connectivity index (χ2v) is 7.16. The molecule has 0 amide bonds. The van der Waals surface area contributed by atoms with E-state index in [0.717, 1.165) is 44.7 Å². The topological polar surface area (TPSA) is 55.2 Å². The molecule has 0 aliphatic carbocycles. The van der Waals surface area contributed by atoms with Crippen molar-refractivity contribution in [3.05, 3.63) is 42.0 Å². The van der Waals surface area contributed by atoms with E-state index in [1.54, 1.807) is 0 Å². The SMILES string of the molecule is Cc1nn(C)cc1[C@H]1OCC[C@@H]1NC1CCN(c2ccncc2)CC1. The number of piperidine rings is 1. The molecule has 4 heterocycles. The summed E-state index contributed by atoms with van der Waals surface area (Å²) in [6.45, 7) is 5.07. The molecule has 0 radical (unpaired) electrons. The lowest BCUT2D eigenvalue weighted by atomic mass is 9.98. The van der Waals surface area contributed by atoms with Gasteiger partial charge in [0.25, 0.3) is 0 Å². The lowest BCUT2D eigenvalue weighted by Crippen LogP contribution is -2.47. The van der Waals surface area contributed by atoms with Crippen LogP contribution < -0.4 is 10.2 Å². The Bertz CT molecular complexity index is 693. The van der Waals surface area contributed by atoms with Gasteiger partial charge in [0, 0.05) is 68.7 Å². The molecule has 2 aliphatic heterocycles. The molecule has 0 spiro atoms. The van der Waals surface area contributed by atoms with Crippen molar-refractivity contribution in [2.45, 2.75) is 44.4 Å². The Morgan fingerprint density at radius 1 is 1.16 bits per heavy atom. The summed E-state index contributed by atoms with van der Waals surface area (Å²) in [6, 6.07) is 5.14. The highest BCUT2D eigenvalue weighted by molar-refractivity contribution is 5.44. The second kappa shape index (κ2) is 7.14. The maximum atomic E-state index is 6.04. The number of aryl methyl sites for hydroxylation is 2. The molecular weight excluding hydrogens is 314 g/mol. The van der Waals surface area contributed by atoms with Gasteiger partial charge in [-0.1, -0.05) is 0 Å². The van der Waals surface area contributed by atoms with Gasteiger partial charge in [0.1, 0.15) is 6.10 Å². The normalized spacial score (nSPS) is 24.8. The third-order valence-corrected chi connectivity index (χ3v) is 5.42. The minimum absolute atomic E-state index is 0.131. The van der Waals surface area contributed by atoms with Gasteiger partial charge in [-0.3, -0.25) is 9.67 Å². The zero-order valence-corrected chi connectivity index (χ0v) is 15.1. The van der Waals surface area contributed by atoms with Gasteiger partial charge < -0.3 is 15.0 Å². The van der Waals surface area contributed by atoms with Crippen LogP contribution in [0.4, 0.5) is 5.69 Å². The summed E-state index contributed by atoms with van der Waals surface area (Å²) in [5, 5.41) is 8.35. The molecule has 25 heavy (non-hydrogen) atoms. The third-order valence-electron chi connectivity index (χ3n) is 5.42. The van der Waals surface area contributed by atoms with Gasteiger partial charge in [-0.25, -0.2) is 0 Å². The van der Waals surface area contributed by atoms with Crippen LogP contribution in [-0.2, 0) is 11.8 Å². The zero-order valence-electron chi connectivity index (χ0n) is 15.1. The van der Waals surface area contributed by atoms with Crippen LogP contribution in [0.5, 0.6) is 0 Å². The van der Waals surface area contributed by atoms with Gasteiger partial charge in [0.2, 0.25) is 0 Å². The summed E-state index contributed by atoms with van der Waals surface area (Å²) in [5.74, 6) is 0. The molecule has 2 saturated heterocycles. The number of ether oxygens (including phenoxy) is 1. The van der Waals surface area contributed by atoms with E-state index < -0.39 is 0 Å². The Labute approximate surface area is 149 Å². The number of nitrogens with one attached hydrogen (secondary N) is 1. The number of nitrogens with zero attached hydrogens (tertiary/aromatic N) is 4. The monoisotopic (exact) mass is 341 g/mol. The van der Waals surface area contributed by atoms with Crippen LogP contribution in [0.15, 0.2) is 30.7 Å². The van der Waals surface area contributed by atoms with Crippen molar-refractivity contribution < 1.29 is 4.74 Å². The van der Waals surface area contributed by atoms with Crippen molar-refractivity contribution in [2.75, 3.05) is 24.6 Å². The van der Waals surface area contributed by atoms with Crippen LogP contribution >= 0.6 is 0 Å². The first-order valence-electron chi connectivity index (χ1n) is 9.23. The first-order chi connectivity index (χ1) is 12.2. The maximum absolute atomic E-state index is 6.04. The number of rotatable bonds is 4. The van der Waals surface area contributed by atoms with E-state index in [4.69, 9.17) is 4.74 Å². The first kappa shape index (κ1) is 16.5. The summed E-state index contributed by atoms with van der Waals surface area (Å²) in [4.78, 5) is 6.56. The lowest BCUT2D eigenvalue weighted by Gasteiger charge is -2.36. The van der Waals surface area contributed by atoms with Crippen molar-refractivity contribution in [3.63, 3.8) is 0 Å². The summed E-state index contributed by atoms with van der Waals surface area (Å²) in [6.07, 6.45) is 9.38. The highest BCUT2D eigenvalue weighted by Crippen LogP contribution is 2.32. The van der Waals surface area contributed by atoms with E-state index in [-0.39, 0.29) is 6.10 Å². The molecule has 4 rings (SSSR count). The molecule has 0 bridgehead atoms. The van der Waals surface area contributed by atoms with Crippen LogP contribution in [0.3, 0.4) is 0 Å². The van der Waals surface area contributed by atoms with Crippen LogP contribution in [0.25, 0.3) is 0 Å². The molecule has 2 aliphatic rings. The predicted molar refractivity (Wildman–Crippen MR) is 97.7 cm³/mol. The highest BCUT2D eigenvalue weighted by Gasteiger charge is 2.34. The fraction of sp³-hybridized carbons (Fsp3) is 0.579. The maximum Gasteiger partial charge on any atom is 0.101 e. The van der Waals surface area contributed by atoms with Crippen LogP contribution in [-0.4, -0.2) is 46.5 Å². The molecule has 2 fully saturated rings. The Kier molecular flexibility index (Phi) is 4.72. The fourth-order valence-corrected chi connectivity index (χ4v) is 4.13. The first-order valence-corrected chi connectivity index (χ1v) is 9.23. The van der Waals surface area contributed by atoms with Crippen molar-refractivity contribution in [1.29, 1.82) is 0 Å². The van der Waals surface area contributed by atoms with Crippen molar-refractivity contribution >= 4 is 5.69 Å². The van der Waals surface area contributed by atoms with E-state index in [1.807, 2.05) is 24.1 Å². The number of pyridine rings is 1. The van der Waals surface area contributed by atoms with E-state index in [0.29, 0.717) is 12.1 Å². The minimum atomic E-state index is 0.131. The summed E-state index contributed by atoms with van der Waals surface area (Å²) in [7, 11) is 1.97. The van der Waals surface area contributed by atoms with E-state index in [9.17, 15) is 0 Å². The molecule has 134 valence electrons. The molecular formula is C19H27N5O. The molecule has 2 aromatic heterocycles. The van der Waals surface area contributed by atoms with Gasteiger partial charge in [0.15, 0.2) is 0 Å². The number of aromatic nitrogens is 3. The van der Waals surface area contributed by atoms with E-state index in [2.05, 4.69) is 45.6 Å². The summed E-state index contributed by atoms with van der Waals surface area (Å²) in [5.41, 5.74) is 3.59. The lowest BCUT2D eigenvalue weighted by molar-refractivity contribution is 0.0949. The van der Waals surface area contributed by atoms with Crippen LogP contribution in [0.1, 0.15) is 36.6 Å². The number of anilines is 1. The quantitative estimate of drug-likeness (QED) is 0.924. The predicted octanol–water partition coefficient (Wildman–Crippen LogP) is 2.21. The Hall–Kier alpha value is -1.92. The fourth-order valence-electron chi connectivity index (χ4n) is 4.13. The Morgan fingerprint density at radius 3 is 2.60 bits per heavy atom. The molecule has 2 aromatic rings. The molecule has 0 unspecified atom stereocenters. The molecule has 6 heteroatoms. The van der Waals surface area contributed by atoms with Gasteiger partial charge >= 0.3 is 0 Å². The Morgan fingerprint density at radius 2 is 1.92 bits per heavy atom. The van der Waals surface area contributed by atoms with E-state index in [1.165, 1.54) is 11.3 Å². The smallest absolute Gasteiger partial charge is 0.101 e. The average molecular weight is 341 g/mol. The Balaban J connectivity index is 1.36. The van der Waals surface area contributed by atoms with Gasteiger partial charge in [-0.2, -0.15) is 5.10 Å². The van der Waals surface area contributed by atoms with Crippen molar-refractivity contribution in [2.24, 2.45) is 7.05 Å². The third kappa shape index (κ3) is 3.55. The van der Waals surface area contributed by atoms with Crippen LogP contribution in [0, 0.1) is 6.92 Å². The molecule has 6 nitrogen and oxygen atoms in total. The largest absolute Gasteiger partial charge is 0.372 e. The molecule has 0 saturated carbocycles. The molecule has 2 atom stereocenters. The van der Waals surface area contributed by atoms with Gasteiger partial charge in [-0.05, 0) is 38.3 Å². The van der Waals surface area contributed by atoms with Gasteiger partial charge in [-0.15, -0.1) is 0 Å². The zero-order chi connectivity index (χ0) is 17.2. The minimum Gasteiger partial charge on any atom is -0.372 e. The van der Waals surface area contributed by atoms with Crippen LogP contribution in [0.2, 0.25) is 0 Å². The number of hydrogen-bond donors (Lipinski definition) is 1. The second-order valence-electron chi connectivity index (χ2n) is 7.16. The van der Waals surface area contributed by atoms with Gasteiger partial charge in [0.05, 0.1) is 5.69 Å². The highest BCUT2D eigenvalue weighted by atomic mass is 16.5. The van der Waals surface area contributed by atoms with E-state index >= 15 is 0 Å². The molecule has 0 aromatic carbocycles. The van der Waals surface area contributed by atoms with Crippen molar-refractivity contribution in [1.82, 2.24) is 20.1 Å².